The van der Waals surface area contributed by atoms with Gasteiger partial charge in [0.25, 0.3) is 0 Å². The lowest BCUT2D eigenvalue weighted by molar-refractivity contribution is -0.0621. The monoisotopic (exact) mass is 226 g/mol. The van der Waals surface area contributed by atoms with Crippen molar-refractivity contribution in [3.05, 3.63) is 21.9 Å². The van der Waals surface area contributed by atoms with Crippen molar-refractivity contribution in [2.45, 2.75) is 38.2 Å². The highest BCUT2D eigenvalue weighted by Gasteiger charge is 2.30. The van der Waals surface area contributed by atoms with Crippen LogP contribution in [0.2, 0.25) is 0 Å². The van der Waals surface area contributed by atoms with Gasteiger partial charge in [-0.2, -0.15) is 0 Å². The predicted molar refractivity (Wildman–Crippen MR) is 62.4 cm³/mol. The molecule has 0 amide bonds. The van der Waals surface area contributed by atoms with Crippen molar-refractivity contribution >= 4 is 11.3 Å². The minimum atomic E-state index is -0.520. The van der Waals surface area contributed by atoms with Gasteiger partial charge in [0.05, 0.1) is 5.60 Å². The van der Waals surface area contributed by atoms with Crippen molar-refractivity contribution < 1.29 is 9.84 Å². The number of hydrogen-bond donors (Lipinski definition) is 1. The zero-order chi connectivity index (χ0) is 10.7. The molecule has 0 saturated carbocycles. The van der Waals surface area contributed by atoms with Crippen LogP contribution in [0.25, 0.3) is 0 Å². The molecule has 0 spiro atoms. The molecule has 0 atom stereocenters. The molecule has 1 N–H and O–H groups in total. The second-order valence-electron chi connectivity index (χ2n) is 4.24. The summed E-state index contributed by atoms with van der Waals surface area (Å²) in [6, 6.07) is 4.32. The highest BCUT2D eigenvalue weighted by atomic mass is 32.1. The van der Waals surface area contributed by atoms with E-state index in [1.165, 1.54) is 9.75 Å². The maximum atomic E-state index is 10.3. The molecule has 3 heteroatoms. The van der Waals surface area contributed by atoms with Gasteiger partial charge in [-0.05, 0) is 31.4 Å². The number of ether oxygens (including phenoxy) is 1. The van der Waals surface area contributed by atoms with E-state index in [0.29, 0.717) is 13.2 Å². The Hall–Kier alpha value is -0.380. The third-order valence-corrected chi connectivity index (χ3v) is 4.22. The zero-order valence-electron chi connectivity index (χ0n) is 9.16. The Balaban J connectivity index is 2.00. The van der Waals surface area contributed by atoms with E-state index >= 15 is 0 Å². The van der Waals surface area contributed by atoms with Crippen LogP contribution in [0.1, 0.15) is 29.5 Å². The van der Waals surface area contributed by atoms with E-state index in [4.69, 9.17) is 4.74 Å². The molecule has 1 fully saturated rings. The number of thiophene rings is 1. The summed E-state index contributed by atoms with van der Waals surface area (Å²) < 4.78 is 5.27. The van der Waals surface area contributed by atoms with E-state index in [1.54, 1.807) is 0 Å². The first-order chi connectivity index (χ1) is 7.22. The molecule has 2 heterocycles. The molecule has 2 nitrogen and oxygen atoms in total. The van der Waals surface area contributed by atoms with E-state index in [-0.39, 0.29) is 0 Å². The van der Waals surface area contributed by atoms with Crippen LogP contribution in [-0.2, 0) is 17.6 Å². The molecule has 0 bridgehead atoms. The maximum absolute atomic E-state index is 10.3. The van der Waals surface area contributed by atoms with E-state index in [2.05, 4.69) is 19.1 Å². The van der Waals surface area contributed by atoms with Crippen molar-refractivity contribution in [2.24, 2.45) is 0 Å². The average Bonchev–Trinajstić information content (AvgIpc) is 2.66. The Kier molecular flexibility index (Phi) is 3.44. The molecule has 1 aliphatic rings. The molecule has 1 aromatic heterocycles. The van der Waals surface area contributed by atoms with Crippen molar-refractivity contribution in [1.82, 2.24) is 0 Å². The summed E-state index contributed by atoms with van der Waals surface area (Å²) in [6.07, 6.45) is 3.42. The Morgan fingerprint density at radius 2 is 2.00 bits per heavy atom. The molecule has 0 aromatic carbocycles. The van der Waals surface area contributed by atoms with Gasteiger partial charge in [0.15, 0.2) is 0 Å². The normalized spacial score (nSPS) is 20.4. The van der Waals surface area contributed by atoms with Crippen LogP contribution in [0.3, 0.4) is 0 Å². The largest absolute Gasteiger partial charge is 0.389 e. The summed E-state index contributed by atoms with van der Waals surface area (Å²) >= 11 is 1.82. The van der Waals surface area contributed by atoms with E-state index in [9.17, 15) is 5.11 Å². The van der Waals surface area contributed by atoms with Gasteiger partial charge >= 0.3 is 0 Å². The van der Waals surface area contributed by atoms with E-state index in [1.807, 2.05) is 11.3 Å². The number of rotatable bonds is 3. The fraction of sp³-hybridized carbons (Fsp3) is 0.667. The molecule has 2 rings (SSSR count). The second-order valence-corrected chi connectivity index (χ2v) is 5.49. The van der Waals surface area contributed by atoms with Gasteiger partial charge in [-0.3, -0.25) is 0 Å². The molecular formula is C12H18O2S. The Morgan fingerprint density at radius 1 is 1.33 bits per heavy atom. The van der Waals surface area contributed by atoms with Crippen molar-refractivity contribution in [2.75, 3.05) is 13.2 Å². The van der Waals surface area contributed by atoms with Gasteiger partial charge in [0.2, 0.25) is 0 Å². The molecule has 1 saturated heterocycles. The topological polar surface area (TPSA) is 29.5 Å². The smallest absolute Gasteiger partial charge is 0.0739 e. The van der Waals surface area contributed by atoms with Crippen LogP contribution in [0.4, 0.5) is 0 Å². The van der Waals surface area contributed by atoms with E-state index in [0.717, 1.165) is 25.7 Å². The third-order valence-electron chi connectivity index (χ3n) is 2.99. The Bertz CT molecular complexity index is 313. The van der Waals surface area contributed by atoms with Crippen LogP contribution < -0.4 is 0 Å². The standard InChI is InChI=1S/C12H18O2S/c1-2-10-3-4-11(15-10)9-12(13)5-7-14-8-6-12/h3-4,13H,2,5-9H2,1H3. The molecule has 84 valence electrons. The lowest BCUT2D eigenvalue weighted by atomic mass is 9.90. The van der Waals surface area contributed by atoms with Crippen molar-refractivity contribution in [3.8, 4) is 0 Å². The lowest BCUT2D eigenvalue weighted by Crippen LogP contribution is -2.37. The molecule has 0 radical (unpaired) electrons. The van der Waals surface area contributed by atoms with Gasteiger partial charge < -0.3 is 9.84 Å². The van der Waals surface area contributed by atoms with Crippen LogP contribution in [-0.4, -0.2) is 23.9 Å². The molecule has 0 unspecified atom stereocenters. The summed E-state index contributed by atoms with van der Waals surface area (Å²) in [5.41, 5.74) is -0.520. The summed E-state index contributed by atoms with van der Waals surface area (Å²) in [7, 11) is 0. The van der Waals surface area contributed by atoms with Crippen LogP contribution in [0.5, 0.6) is 0 Å². The van der Waals surface area contributed by atoms with Crippen LogP contribution in [0.15, 0.2) is 12.1 Å². The van der Waals surface area contributed by atoms with E-state index < -0.39 is 5.60 Å². The first kappa shape index (κ1) is 11.1. The molecule has 1 aliphatic heterocycles. The zero-order valence-corrected chi connectivity index (χ0v) is 9.98. The number of hydrogen-bond acceptors (Lipinski definition) is 3. The quantitative estimate of drug-likeness (QED) is 0.857. The molecular weight excluding hydrogens is 208 g/mol. The molecule has 1 aromatic rings. The minimum Gasteiger partial charge on any atom is -0.389 e. The summed E-state index contributed by atoms with van der Waals surface area (Å²) in [5, 5.41) is 10.3. The summed E-state index contributed by atoms with van der Waals surface area (Å²) in [5.74, 6) is 0. The van der Waals surface area contributed by atoms with Crippen molar-refractivity contribution in [1.29, 1.82) is 0 Å². The molecule has 0 aliphatic carbocycles. The highest BCUT2D eigenvalue weighted by molar-refractivity contribution is 7.12. The molecule has 15 heavy (non-hydrogen) atoms. The number of aryl methyl sites for hydroxylation is 1. The average molecular weight is 226 g/mol. The van der Waals surface area contributed by atoms with Gasteiger partial charge in [-0.15, -0.1) is 11.3 Å². The fourth-order valence-electron chi connectivity index (χ4n) is 1.96. The SMILES string of the molecule is CCc1ccc(CC2(O)CCOCC2)s1. The lowest BCUT2D eigenvalue weighted by Gasteiger charge is -2.31. The second kappa shape index (κ2) is 4.64. The van der Waals surface area contributed by atoms with Crippen LogP contribution >= 0.6 is 11.3 Å². The first-order valence-electron chi connectivity index (χ1n) is 5.59. The predicted octanol–water partition coefficient (Wildman–Crippen LogP) is 2.39. The van der Waals surface area contributed by atoms with Crippen molar-refractivity contribution in [3.63, 3.8) is 0 Å². The Morgan fingerprint density at radius 3 is 2.60 bits per heavy atom. The van der Waals surface area contributed by atoms with Gasteiger partial charge in [-0.1, -0.05) is 6.92 Å². The van der Waals surface area contributed by atoms with Gasteiger partial charge in [0, 0.05) is 29.4 Å². The summed E-state index contributed by atoms with van der Waals surface area (Å²) in [6.45, 7) is 3.56. The highest BCUT2D eigenvalue weighted by Crippen LogP contribution is 2.28. The van der Waals surface area contributed by atoms with Crippen LogP contribution in [0, 0.1) is 0 Å². The minimum absolute atomic E-state index is 0.520. The summed E-state index contributed by atoms with van der Waals surface area (Å²) in [4.78, 5) is 2.71. The Labute approximate surface area is 94.9 Å². The van der Waals surface area contributed by atoms with Gasteiger partial charge in [0.1, 0.15) is 0 Å². The third kappa shape index (κ3) is 2.80. The maximum Gasteiger partial charge on any atom is 0.0739 e. The van der Waals surface area contributed by atoms with Gasteiger partial charge in [-0.25, -0.2) is 0 Å². The first-order valence-corrected chi connectivity index (χ1v) is 6.41. The number of aliphatic hydroxyl groups is 1. The fourth-order valence-corrected chi connectivity index (χ4v) is 3.05.